The number of imidazole rings is 1. The molecule has 4 rings (SSSR count). The van der Waals surface area contributed by atoms with Gasteiger partial charge in [-0.05, 0) is 56.1 Å². The van der Waals surface area contributed by atoms with Crippen molar-refractivity contribution in [2.24, 2.45) is 0 Å². The van der Waals surface area contributed by atoms with Crippen LogP contribution in [0.5, 0.6) is 5.75 Å². The first-order valence-corrected chi connectivity index (χ1v) is 9.36. The van der Waals surface area contributed by atoms with Crippen LogP contribution in [0.25, 0.3) is 5.65 Å². The van der Waals surface area contributed by atoms with E-state index in [2.05, 4.69) is 22.5 Å². The van der Waals surface area contributed by atoms with Gasteiger partial charge in [-0.2, -0.15) is 0 Å². The maximum atomic E-state index is 12.4. The lowest BCUT2D eigenvalue weighted by Crippen LogP contribution is -2.37. The first kappa shape index (κ1) is 23.0. The Morgan fingerprint density at radius 1 is 1.28 bits per heavy atom. The van der Waals surface area contributed by atoms with Crippen LogP contribution in [0.1, 0.15) is 34.5 Å². The fourth-order valence-corrected chi connectivity index (χ4v) is 3.36. The highest BCUT2D eigenvalue weighted by atomic mass is 35.5. The number of halogens is 2. The van der Waals surface area contributed by atoms with Crippen molar-refractivity contribution in [1.82, 2.24) is 20.0 Å². The molecule has 1 aliphatic rings. The molecule has 1 atom stereocenters. The van der Waals surface area contributed by atoms with E-state index in [0.29, 0.717) is 30.5 Å². The minimum absolute atomic E-state index is 0. The fraction of sp³-hybridized carbons (Fsp3) is 0.333. The van der Waals surface area contributed by atoms with Crippen molar-refractivity contribution >= 4 is 36.4 Å². The van der Waals surface area contributed by atoms with Crippen LogP contribution < -0.4 is 15.4 Å². The van der Waals surface area contributed by atoms with Crippen LogP contribution in [0.4, 0.5) is 0 Å². The van der Waals surface area contributed by atoms with Crippen LogP contribution in [0.2, 0.25) is 0 Å². The summed E-state index contributed by atoms with van der Waals surface area (Å²) in [6.45, 7) is 4.10. The van der Waals surface area contributed by atoms with Gasteiger partial charge in [-0.15, -0.1) is 24.8 Å². The number of nitrogens with zero attached hydrogens (tertiary/aromatic N) is 2. The normalized spacial score (nSPS) is 15.4. The number of hydrogen-bond acceptors (Lipinski definition) is 4. The molecule has 3 heterocycles. The molecule has 1 aromatic carbocycles. The number of aromatic nitrogens is 2. The van der Waals surface area contributed by atoms with Gasteiger partial charge in [-0.3, -0.25) is 4.79 Å². The van der Waals surface area contributed by atoms with Crippen molar-refractivity contribution in [3.63, 3.8) is 0 Å². The van der Waals surface area contributed by atoms with E-state index < -0.39 is 0 Å². The van der Waals surface area contributed by atoms with E-state index in [-0.39, 0.29) is 30.7 Å². The zero-order valence-electron chi connectivity index (χ0n) is 16.3. The number of aryl methyl sites for hydroxylation is 1. The molecule has 1 amide bonds. The molecule has 3 aromatic rings. The molecular weight excluding hydrogens is 411 g/mol. The maximum absolute atomic E-state index is 12.4. The Bertz CT molecular complexity index is 955. The van der Waals surface area contributed by atoms with Crippen molar-refractivity contribution in [1.29, 1.82) is 0 Å². The van der Waals surface area contributed by atoms with Crippen LogP contribution in [-0.2, 0) is 6.61 Å². The van der Waals surface area contributed by atoms with Crippen LogP contribution in [-0.4, -0.2) is 34.4 Å². The Hall–Kier alpha value is -2.28. The summed E-state index contributed by atoms with van der Waals surface area (Å²) >= 11 is 0. The van der Waals surface area contributed by atoms with E-state index in [4.69, 9.17) is 4.74 Å². The Morgan fingerprint density at radius 3 is 2.93 bits per heavy atom. The predicted molar refractivity (Wildman–Crippen MR) is 119 cm³/mol. The lowest BCUT2D eigenvalue weighted by molar-refractivity contribution is 0.0950. The van der Waals surface area contributed by atoms with Crippen molar-refractivity contribution in [3.8, 4) is 5.75 Å². The Labute approximate surface area is 182 Å². The third-order valence-electron chi connectivity index (χ3n) is 4.80. The molecule has 0 saturated carbocycles. The molecule has 1 unspecified atom stereocenters. The summed E-state index contributed by atoms with van der Waals surface area (Å²) in [6, 6.07) is 11.7. The fourth-order valence-electron chi connectivity index (χ4n) is 3.36. The largest absolute Gasteiger partial charge is 0.487 e. The number of amides is 1. The summed E-state index contributed by atoms with van der Waals surface area (Å²) in [4.78, 5) is 16.9. The molecule has 0 radical (unpaired) electrons. The number of rotatable bonds is 6. The quantitative estimate of drug-likeness (QED) is 0.619. The van der Waals surface area contributed by atoms with Crippen LogP contribution in [0, 0.1) is 6.92 Å². The van der Waals surface area contributed by atoms with Gasteiger partial charge in [0.25, 0.3) is 5.91 Å². The molecule has 0 bridgehead atoms. The van der Waals surface area contributed by atoms with E-state index in [0.717, 1.165) is 24.3 Å². The van der Waals surface area contributed by atoms with E-state index >= 15 is 0 Å². The number of ether oxygens (including phenoxy) is 1. The van der Waals surface area contributed by atoms with Gasteiger partial charge < -0.3 is 19.8 Å². The van der Waals surface area contributed by atoms with Gasteiger partial charge >= 0.3 is 0 Å². The van der Waals surface area contributed by atoms with E-state index in [9.17, 15) is 4.79 Å². The highest BCUT2D eigenvalue weighted by Gasteiger charge is 2.15. The van der Waals surface area contributed by atoms with Gasteiger partial charge in [0.15, 0.2) is 0 Å². The van der Waals surface area contributed by atoms with Gasteiger partial charge in [-0.25, -0.2) is 4.98 Å². The molecule has 29 heavy (non-hydrogen) atoms. The summed E-state index contributed by atoms with van der Waals surface area (Å²) in [6.07, 6.45) is 6.29. The van der Waals surface area contributed by atoms with Gasteiger partial charge in [0.1, 0.15) is 18.0 Å². The van der Waals surface area contributed by atoms with Crippen LogP contribution >= 0.6 is 24.8 Å². The lowest BCUT2D eigenvalue weighted by atomic mass is 10.2. The molecule has 1 aliphatic heterocycles. The number of pyridine rings is 1. The average Bonchev–Trinajstić information content (AvgIpc) is 3.33. The number of benzene rings is 1. The number of nitrogens with one attached hydrogen (secondary N) is 2. The highest BCUT2D eigenvalue weighted by Crippen LogP contribution is 2.16. The molecule has 1 fully saturated rings. The van der Waals surface area contributed by atoms with Crippen molar-refractivity contribution < 1.29 is 9.53 Å². The van der Waals surface area contributed by atoms with Crippen LogP contribution in [0.15, 0.2) is 48.8 Å². The molecule has 0 aliphatic carbocycles. The lowest BCUT2D eigenvalue weighted by Gasteiger charge is -2.12. The maximum Gasteiger partial charge on any atom is 0.251 e. The Kier molecular flexibility index (Phi) is 8.32. The summed E-state index contributed by atoms with van der Waals surface area (Å²) in [5.41, 5.74) is 3.53. The van der Waals surface area contributed by atoms with Gasteiger partial charge in [-0.1, -0.05) is 12.1 Å². The summed E-state index contributed by atoms with van der Waals surface area (Å²) < 4.78 is 7.85. The molecule has 6 nitrogen and oxygen atoms in total. The van der Waals surface area contributed by atoms with Gasteiger partial charge in [0.2, 0.25) is 0 Å². The zero-order chi connectivity index (χ0) is 18.6. The average molecular weight is 437 g/mol. The number of hydrogen-bond donors (Lipinski definition) is 2. The third kappa shape index (κ3) is 5.85. The monoisotopic (exact) mass is 436 g/mol. The second-order valence-corrected chi connectivity index (χ2v) is 7.02. The first-order chi connectivity index (χ1) is 13.2. The summed E-state index contributed by atoms with van der Waals surface area (Å²) in [5, 5.41) is 6.37. The smallest absolute Gasteiger partial charge is 0.251 e. The van der Waals surface area contributed by atoms with Crippen molar-refractivity contribution in [2.75, 3.05) is 13.1 Å². The van der Waals surface area contributed by atoms with E-state index in [1.54, 1.807) is 12.1 Å². The first-order valence-electron chi connectivity index (χ1n) is 9.36. The second kappa shape index (κ2) is 10.5. The standard InChI is InChI=1S/C21H24N4O2.2ClH/c1-15-7-8-20-24-18(13-25(20)12-15)14-27-19-6-2-4-16(10-19)21(26)23-11-17-5-3-9-22-17;;/h2,4,6-8,10,12-13,17,22H,3,5,9,11,14H2,1H3,(H,23,26);2*1H. The number of carbonyl (C=O) groups excluding carboxylic acids is 1. The van der Waals surface area contributed by atoms with Crippen molar-refractivity contribution in [3.05, 3.63) is 65.6 Å². The Balaban J connectivity index is 0.00000150. The van der Waals surface area contributed by atoms with Gasteiger partial charge in [0, 0.05) is 30.5 Å². The second-order valence-electron chi connectivity index (χ2n) is 7.02. The molecular formula is C21H26Cl2N4O2. The number of carbonyl (C=O) groups is 1. The number of fused-ring (bicyclic) bond motifs is 1. The molecule has 0 spiro atoms. The Morgan fingerprint density at radius 2 is 2.14 bits per heavy atom. The van der Waals surface area contributed by atoms with Crippen molar-refractivity contribution in [2.45, 2.75) is 32.4 Å². The topological polar surface area (TPSA) is 67.7 Å². The zero-order valence-corrected chi connectivity index (χ0v) is 17.9. The minimum Gasteiger partial charge on any atom is -0.487 e. The SMILES string of the molecule is Cc1ccc2nc(COc3cccc(C(=O)NCC4CCCN4)c3)cn2c1.Cl.Cl. The third-order valence-corrected chi connectivity index (χ3v) is 4.80. The molecule has 2 N–H and O–H groups in total. The van der Waals surface area contributed by atoms with Gasteiger partial charge in [0.05, 0.1) is 5.69 Å². The molecule has 8 heteroatoms. The van der Waals surface area contributed by atoms with E-state index in [1.165, 1.54) is 12.0 Å². The molecule has 2 aromatic heterocycles. The highest BCUT2D eigenvalue weighted by molar-refractivity contribution is 5.94. The molecule has 1 saturated heterocycles. The van der Waals surface area contributed by atoms with Crippen LogP contribution in [0.3, 0.4) is 0 Å². The minimum atomic E-state index is -0.0719. The van der Waals surface area contributed by atoms with E-state index in [1.807, 2.05) is 41.1 Å². The predicted octanol–water partition coefficient (Wildman–Crippen LogP) is 3.55. The summed E-state index contributed by atoms with van der Waals surface area (Å²) in [7, 11) is 0. The summed E-state index contributed by atoms with van der Waals surface area (Å²) in [5.74, 6) is 0.590. The molecule has 156 valence electrons.